The molecule has 12 heavy (non-hydrogen) atoms. The Labute approximate surface area is 72.4 Å². The molecule has 0 aromatic heterocycles. The maximum atomic E-state index is 10.8. The molecule has 0 radical (unpaired) electrons. The molecule has 72 valence electrons. The molecule has 0 amide bonds. The van der Waals surface area contributed by atoms with Crippen LogP contribution in [0.1, 0.15) is 26.2 Å². The van der Waals surface area contributed by atoms with E-state index in [1.54, 1.807) is 0 Å². The lowest BCUT2D eigenvalue weighted by Gasteiger charge is -2.26. The highest BCUT2D eigenvalue weighted by Crippen LogP contribution is 2.26. The highest BCUT2D eigenvalue weighted by Gasteiger charge is 2.35. The number of nitrogens with two attached hydrogens (primary N) is 1. The van der Waals surface area contributed by atoms with Crippen LogP contribution in [0.15, 0.2) is 0 Å². The van der Waals surface area contributed by atoms with Crippen molar-refractivity contribution in [2.24, 2.45) is 11.1 Å². The van der Waals surface area contributed by atoms with E-state index in [0.717, 1.165) is 6.42 Å². The van der Waals surface area contributed by atoms with E-state index in [4.69, 9.17) is 15.9 Å². The van der Waals surface area contributed by atoms with Crippen molar-refractivity contribution in [3.8, 4) is 0 Å². The monoisotopic (exact) mass is 175 g/mol. The predicted molar refractivity (Wildman–Crippen MR) is 45.7 cm³/mol. The third-order valence-electron chi connectivity index (χ3n) is 2.16. The van der Waals surface area contributed by atoms with Crippen molar-refractivity contribution in [3.63, 3.8) is 0 Å². The summed E-state index contributed by atoms with van der Waals surface area (Å²) in [6.45, 7) is 1.88. The molecule has 4 nitrogen and oxygen atoms in total. The molecular formula is C8H17NO3. The van der Waals surface area contributed by atoms with Crippen molar-refractivity contribution < 1.29 is 15.0 Å². The van der Waals surface area contributed by atoms with Gasteiger partial charge in [0.15, 0.2) is 0 Å². The number of aliphatic carboxylic acids is 1. The van der Waals surface area contributed by atoms with Gasteiger partial charge >= 0.3 is 5.97 Å². The van der Waals surface area contributed by atoms with E-state index < -0.39 is 11.4 Å². The minimum Gasteiger partial charge on any atom is -0.481 e. The van der Waals surface area contributed by atoms with Crippen LogP contribution in [-0.2, 0) is 4.79 Å². The number of carboxylic acids is 1. The molecule has 0 rings (SSSR count). The zero-order chi connectivity index (χ0) is 9.61. The Kier molecular flexibility index (Phi) is 4.85. The van der Waals surface area contributed by atoms with Gasteiger partial charge in [0.05, 0.1) is 5.41 Å². The van der Waals surface area contributed by atoms with Crippen LogP contribution in [0.3, 0.4) is 0 Å². The second kappa shape index (κ2) is 5.11. The van der Waals surface area contributed by atoms with Crippen LogP contribution >= 0.6 is 0 Å². The number of carbonyl (C=O) groups is 1. The molecule has 0 heterocycles. The van der Waals surface area contributed by atoms with Gasteiger partial charge < -0.3 is 15.9 Å². The van der Waals surface area contributed by atoms with Gasteiger partial charge in [-0.2, -0.15) is 0 Å². The summed E-state index contributed by atoms with van der Waals surface area (Å²) in [6, 6.07) is 0. The summed E-state index contributed by atoms with van der Waals surface area (Å²) >= 11 is 0. The largest absolute Gasteiger partial charge is 0.481 e. The maximum Gasteiger partial charge on any atom is 0.311 e. The van der Waals surface area contributed by atoms with Crippen LogP contribution in [0.5, 0.6) is 0 Å². The van der Waals surface area contributed by atoms with Crippen molar-refractivity contribution in [1.29, 1.82) is 0 Å². The van der Waals surface area contributed by atoms with E-state index in [1.165, 1.54) is 0 Å². The number of carboxylic acid groups (broad SMARTS) is 1. The van der Waals surface area contributed by atoms with Crippen LogP contribution in [0.4, 0.5) is 0 Å². The van der Waals surface area contributed by atoms with Gasteiger partial charge in [-0.15, -0.1) is 0 Å². The lowest BCUT2D eigenvalue weighted by molar-refractivity contribution is -0.149. The van der Waals surface area contributed by atoms with Crippen molar-refractivity contribution in [3.05, 3.63) is 0 Å². The minimum atomic E-state index is -0.913. The molecule has 0 aliphatic rings. The molecular weight excluding hydrogens is 158 g/mol. The fourth-order valence-electron chi connectivity index (χ4n) is 1.32. The van der Waals surface area contributed by atoms with Crippen molar-refractivity contribution >= 4 is 5.97 Å². The third-order valence-corrected chi connectivity index (χ3v) is 2.16. The van der Waals surface area contributed by atoms with Gasteiger partial charge in [0.25, 0.3) is 0 Å². The molecule has 0 aliphatic carbocycles. The number of aliphatic hydroxyl groups is 1. The summed E-state index contributed by atoms with van der Waals surface area (Å²) < 4.78 is 0. The smallest absolute Gasteiger partial charge is 0.311 e. The predicted octanol–water partition coefficient (Wildman–Crippen LogP) is 0.199. The fourth-order valence-corrected chi connectivity index (χ4v) is 1.32. The van der Waals surface area contributed by atoms with Gasteiger partial charge in [-0.1, -0.05) is 13.3 Å². The summed E-state index contributed by atoms with van der Waals surface area (Å²) in [4.78, 5) is 10.8. The van der Waals surface area contributed by atoms with Gasteiger partial charge in [0.2, 0.25) is 0 Å². The summed E-state index contributed by atoms with van der Waals surface area (Å²) in [7, 11) is 0. The van der Waals surface area contributed by atoms with E-state index in [2.05, 4.69) is 0 Å². The third kappa shape index (κ3) is 2.46. The highest BCUT2D eigenvalue weighted by atomic mass is 16.4. The van der Waals surface area contributed by atoms with E-state index in [9.17, 15) is 4.79 Å². The van der Waals surface area contributed by atoms with Crippen LogP contribution in [-0.4, -0.2) is 29.3 Å². The lowest BCUT2D eigenvalue weighted by atomic mass is 9.80. The van der Waals surface area contributed by atoms with Crippen molar-refractivity contribution in [2.75, 3.05) is 13.2 Å². The zero-order valence-electron chi connectivity index (χ0n) is 7.42. The second-order valence-electron chi connectivity index (χ2n) is 3.01. The Bertz CT molecular complexity index is 141. The molecule has 0 saturated heterocycles. The van der Waals surface area contributed by atoms with E-state index in [1.807, 2.05) is 6.92 Å². The lowest BCUT2D eigenvalue weighted by Crippen LogP contribution is -2.39. The summed E-state index contributed by atoms with van der Waals surface area (Å²) in [6.07, 6.45) is 1.54. The van der Waals surface area contributed by atoms with Crippen molar-refractivity contribution in [2.45, 2.75) is 26.2 Å². The molecule has 0 bridgehead atoms. The van der Waals surface area contributed by atoms with Gasteiger partial charge in [-0.25, -0.2) is 0 Å². The molecule has 0 fully saturated rings. The number of hydrogen-bond donors (Lipinski definition) is 3. The van der Waals surface area contributed by atoms with Crippen LogP contribution < -0.4 is 5.73 Å². The highest BCUT2D eigenvalue weighted by molar-refractivity contribution is 5.74. The first-order valence-electron chi connectivity index (χ1n) is 4.17. The average Bonchev–Trinajstić information content (AvgIpc) is 2.03. The Morgan fingerprint density at radius 1 is 1.50 bits per heavy atom. The SMILES string of the molecule is CCCC(CN)(CCO)C(=O)O. The molecule has 1 unspecified atom stereocenters. The van der Waals surface area contributed by atoms with Crippen LogP contribution in [0.25, 0.3) is 0 Å². The van der Waals surface area contributed by atoms with Gasteiger partial charge in [0.1, 0.15) is 0 Å². The van der Waals surface area contributed by atoms with Gasteiger partial charge in [-0.3, -0.25) is 4.79 Å². The first-order chi connectivity index (χ1) is 5.63. The molecule has 4 heteroatoms. The second-order valence-corrected chi connectivity index (χ2v) is 3.01. The summed E-state index contributed by atoms with van der Waals surface area (Å²) in [5, 5.41) is 17.6. The summed E-state index contributed by atoms with van der Waals surface area (Å²) in [5.41, 5.74) is 4.48. The normalized spacial score (nSPS) is 15.6. The first-order valence-corrected chi connectivity index (χ1v) is 4.17. The molecule has 4 N–H and O–H groups in total. The Morgan fingerprint density at radius 3 is 2.33 bits per heavy atom. The standard InChI is InChI=1S/C8H17NO3/c1-2-3-8(6-9,4-5-10)7(11)12/h10H,2-6,9H2,1H3,(H,11,12). The van der Waals surface area contributed by atoms with E-state index >= 15 is 0 Å². The number of hydrogen-bond acceptors (Lipinski definition) is 3. The summed E-state index contributed by atoms with van der Waals surface area (Å²) in [5.74, 6) is -0.902. The zero-order valence-corrected chi connectivity index (χ0v) is 7.42. The average molecular weight is 175 g/mol. The number of rotatable bonds is 6. The molecule has 0 aromatic carbocycles. The Balaban J connectivity index is 4.39. The van der Waals surface area contributed by atoms with E-state index in [0.29, 0.717) is 6.42 Å². The van der Waals surface area contributed by atoms with Gasteiger partial charge in [0, 0.05) is 13.2 Å². The topological polar surface area (TPSA) is 83.5 Å². The van der Waals surface area contributed by atoms with Crippen molar-refractivity contribution in [1.82, 2.24) is 0 Å². The quantitative estimate of drug-likeness (QED) is 0.538. The molecule has 1 atom stereocenters. The maximum absolute atomic E-state index is 10.8. The Morgan fingerprint density at radius 2 is 2.08 bits per heavy atom. The van der Waals surface area contributed by atoms with Gasteiger partial charge in [-0.05, 0) is 12.8 Å². The fraction of sp³-hybridized carbons (Fsp3) is 0.875. The van der Waals surface area contributed by atoms with E-state index in [-0.39, 0.29) is 19.6 Å². The number of aliphatic hydroxyl groups excluding tert-OH is 1. The molecule has 0 spiro atoms. The Hall–Kier alpha value is -0.610. The minimum absolute atomic E-state index is 0.0940. The molecule has 0 saturated carbocycles. The molecule has 0 aliphatic heterocycles. The first kappa shape index (κ1) is 11.4. The van der Waals surface area contributed by atoms with Crippen LogP contribution in [0.2, 0.25) is 0 Å². The molecule has 0 aromatic rings. The van der Waals surface area contributed by atoms with Crippen LogP contribution in [0, 0.1) is 5.41 Å².